The highest BCUT2D eigenvalue weighted by molar-refractivity contribution is 5.91. The van der Waals surface area contributed by atoms with Crippen molar-refractivity contribution in [3.63, 3.8) is 0 Å². The third-order valence-corrected chi connectivity index (χ3v) is 2.58. The number of para-hydroxylation sites is 2. The summed E-state index contributed by atoms with van der Waals surface area (Å²) in [6.07, 6.45) is 0.618. The molecule has 0 aliphatic carbocycles. The van der Waals surface area contributed by atoms with Gasteiger partial charge in [0.2, 0.25) is 5.82 Å². The number of aryl methyl sites for hydroxylation is 1. The van der Waals surface area contributed by atoms with E-state index >= 15 is 0 Å². The summed E-state index contributed by atoms with van der Waals surface area (Å²) in [4.78, 5) is 11.8. The Kier molecular flexibility index (Phi) is 4.54. The van der Waals surface area contributed by atoms with E-state index in [1.165, 1.54) is 7.11 Å². The van der Waals surface area contributed by atoms with E-state index in [9.17, 15) is 4.79 Å². The summed E-state index contributed by atoms with van der Waals surface area (Å²) in [5.41, 5.74) is 0.593. The van der Waals surface area contributed by atoms with Gasteiger partial charge in [0, 0.05) is 0 Å². The molecule has 2 aromatic rings. The molecule has 0 saturated heterocycles. The second-order valence-electron chi connectivity index (χ2n) is 3.90. The van der Waals surface area contributed by atoms with E-state index in [4.69, 9.17) is 9.47 Å². The van der Waals surface area contributed by atoms with Crippen LogP contribution in [-0.2, 0) is 11.2 Å². The number of rotatable bonds is 6. The lowest BCUT2D eigenvalue weighted by Crippen LogP contribution is -2.21. The first-order chi connectivity index (χ1) is 9.74. The lowest BCUT2D eigenvalue weighted by molar-refractivity contribution is -0.118. The molecular formula is C13H15N3O4. The molecule has 0 fully saturated rings. The van der Waals surface area contributed by atoms with Crippen LogP contribution >= 0.6 is 0 Å². The molecule has 0 saturated carbocycles. The number of anilines is 1. The number of nitrogens with zero attached hydrogens (tertiary/aromatic N) is 2. The minimum atomic E-state index is -0.346. The van der Waals surface area contributed by atoms with Gasteiger partial charge < -0.3 is 14.8 Å². The molecule has 0 aliphatic heterocycles. The molecule has 7 nitrogen and oxygen atoms in total. The number of carbonyl (C=O) groups excluding carboxylic acids is 1. The largest absolute Gasteiger partial charge is 0.493 e. The van der Waals surface area contributed by atoms with Crippen LogP contribution in [-0.4, -0.2) is 29.9 Å². The quantitative estimate of drug-likeness (QED) is 0.864. The molecule has 20 heavy (non-hydrogen) atoms. The number of methoxy groups -OCH3 is 1. The van der Waals surface area contributed by atoms with E-state index in [-0.39, 0.29) is 12.5 Å². The van der Waals surface area contributed by atoms with Crippen LogP contribution in [0.15, 0.2) is 28.9 Å². The van der Waals surface area contributed by atoms with E-state index in [0.717, 1.165) is 0 Å². The normalized spacial score (nSPS) is 10.1. The molecule has 1 aromatic carbocycles. The zero-order valence-corrected chi connectivity index (χ0v) is 11.3. The van der Waals surface area contributed by atoms with E-state index in [1.54, 1.807) is 18.2 Å². The van der Waals surface area contributed by atoms with Gasteiger partial charge in [-0.05, 0) is 23.7 Å². The van der Waals surface area contributed by atoms with Crippen molar-refractivity contribution in [3.05, 3.63) is 30.0 Å². The minimum Gasteiger partial charge on any atom is -0.493 e. The number of carbonyl (C=O) groups is 1. The Bertz CT molecular complexity index is 583. The molecule has 106 valence electrons. The second kappa shape index (κ2) is 6.55. The molecule has 2 rings (SSSR count). The first kappa shape index (κ1) is 13.9. The third-order valence-electron chi connectivity index (χ3n) is 2.58. The molecular weight excluding hydrogens is 262 g/mol. The standard InChI is InChI=1S/C13H15N3O4/c1-3-9-13(16-20-15-9)14-12(17)8-19-11-7-5-4-6-10(11)18-2/h4-7H,3,8H2,1-2H3,(H,14,16,17). The maximum absolute atomic E-state index is 11.8. The van der Waals surface area contributed by atoms with Crippen LogP contribution in [0, 0.1) is 0 Å². The molecule has 7 heteroatoms. The molecule has 1 heterocycles. The first-order valence-corrected chi connectivity index (χ1v) is 6.11. The van der Waals surface area contributed by atoms with E-state index in [1.807, 2.05) is 13.0 Å². The molecule has 1 N–H and O–H groups in total. The first-order valence-electron chi connectivity index (χ1n) is 6.11. The lowest BCUT2D eigenvalue weighted by atomic mass is 10.3. The van der Waals surface area contributed by atoms with E-state index in [2.05, 4.69) is 20.3 Å². The molecule has 0 spiro atoms. The van der Waals surface area contributed by atoms with E-state index < -0.39 is 0 Å². The Morgan fingerprint density at radius 1 is 1.30 bits per heavy atom. The van der Waals surface area contributed by atoms with Gasteiger partial charge in [0.1, 0.15) is 5.69 Å². The molecule has 1 amide bonds. The molecule has 0 aliphatic rings. The molecule has 1 aromatic heterocycles. The van der Waals surface area contributed by atoms with Crippen LogP contribution in [0.25, 0.3) is 0 Å². The van der Waals surface area contributed by atoms with Crippen LogP contribution in [0.4, 0.5) is 5.82 Å². The van der Waals surface area contributed by atoms with Gasteiger partial charge in [0.05, 0.1) is 7.11 Å². The summed E-state index contributed by atoms with van der Waals surface area (Å²) in [7, 11) is 1.54. The zero-order valence-electron chi connectivity index (χ0n) is 11.3. The average Bonchev–Trinajstić information content (AvgIpc) is 2.92. The van der Waals surface area contributed by atoms with Crippen LogP contribution in [0.1, 0.15) is 12.6 Å². The predicted molar refractivity (Wildman–Crippen MR) is 70.8 cm³/mol. The van der Waals surface area contributed by atoms with Crippen LogP contribution in [0.3, 0.4) is 0 Å². The maximum Gasteiger partial charge on any atom is 0.263 e. The van der Waals surface area contributed by atoms with Crippen molar-refractivity contribution < 1.29 is 18.9 Å². The van der Waals surface area contributed by atoms with Gasteiger partial charge in [0.25, 0.3) is 5.91 Å². The lowest BCUT2D eigenvalue weighted by Gasteiger charge is -2.09. The number of amides is 1. The summed E-state index contributed by atoms with van der Waals surface area (Å²) < 4.78 is 15.1. The fourth-order valence-electron chi connectivity index (χ4n) is 1.58. The Morgan fingerprint density at radius 2 is 2.05 bits per heavy atom. The van der Waals surface area contributed by atoms with Gasteiger partial charge >= 0.3 is 0 Å². The second-order valence-corrected chi connectivity index (χ2v) is 3.90. The van der Waals surface area contributed by atoms with Crippen LogP contribution in [0.2, 0.25) is 0 Å². The Balaban J connectivity index is 1.92. The van der Waals surface area contributed by atoms with Crippen molar-refractivity contribution in [2.45, 2.75) is 13.3 Å². The van der Waals surface area contributed by atoms with Gasteiger partial charge in [-0.1, -0.05) is 24.2 Å². The highest BCUT2D eigenvalue weighted by Crippen LogP contribution is 2.25. The monoisotopic (exact) mass is 277 g/mol. The number of nitrogens with one attached hydrogen (secondary N) is 1. The zero-order chi connectivity index (χ0) is 14.4. The number of hydrogen-bond donors (Lipinski definition) is 1. The number of aromatic nitrogens is 2. The van der Waals surface area contributed by atoms with Crippen LogP contribution in [0.5, 0.6) is 11.5 Å². The van der Waals surface area contributed by atoms with Gasteiger partial charge in [-0.2, -0.15) is 0 Å². The smallest absolute Gasteiger partial charge is 0.263 e. The fraction of sp³-hybridized carbons (Fsp3) is 0.308. The van der Waals surface area contributed by atoms with Crippen LogP contribution < -0.4 is 14.8 Å². The van der Waals surface area contributed by atoms with Crippen molar-refractivity contribution in [1.82, 2.24) is 10.3 Å². The number of hydrogen-bond acceptors (Lipinski definition) is 6. The average molecular weight is 277 g/mol. The van der Waals surface area contributed by atoms with Gasteiger partial charge in [-0.3, -0.25) is 4.79 Å². The summed E-state index contributed by atoms with van der Waals surface area (Å²) in [5, 5.41) is 9.87. The Labute approximate surface area is 115 Å². The summed E-state index contributed by atoms with van der Waals surface area (Å²) in [6.45, 7) is 1.73. The summed E-state index contributed by atoms with van der Waals surface area (Å²) >= 11 is 0. The van der Waals surface area contributed by atoms with Gasteiger partial charge in [0.15, 0.2) is 18.1 Å². The van der Waals surface area contributed by atoms with Crippen molar-refractivity contribution in [2.24, 2.45) is 0 Å². The van der Waals surface area contributed by atoms with Gasteiger partial charge in [-0.15, -0.1) is 0 Å². The third kappa shape index (κ3) is 3.25. The summed E-state index contributed by atoms with van der Waals surface area (Å²) in [6, 6.07) is 7.10. The SMILES string of the molecule is CCc1nonc1NC(=O)COc1ccccc1OC. The topological polar surface area (TPSA) is 86.5 Å². The van der Waals surface area contributed by atoms with Crippen molar-refractivity contribution in [2.75, 3.05) is 19.0 Å². The van der Waals surface area contributed by atoms with Crippen molar-refractivity contribution in [3.8, 4) is 11.5 Å². The highest BCUT2D eigenvalue weighted by atomic mass is 16.6. The molecule has 0 bridgehead atoms. The fourth-order valence-corrected chi connectivity index (χ4v) is 1.58. The van der Waals surface area contributed by atoms with Crippen molar-refractivity contribution in [1.29, 1.82) is 0 Å². The van der Waals surface area contributed by atoms with Gasteiger partial charge in [-0.25, -0.2) is 4.63 Å². The molecule has 0 atom stereocenters. The molecule has 0 radical (unpaired) electrons. The number of ether oxygens (including phenoxy) is 2. The Morgan fingerprint density at radius 3 is 2.75 bits per heavy atom. The maximum atomic E-state index is 11.8. The van der Waals surface area contributed by atoms with E-state index in [0.29, 0.717) is 29.4 Å². The minimum absolute atomic E-state index is 0.156. The predicted octanol–water partition coefficient (Wildman–Crippen LogP) is 1.66. The highest BCUT2D eigenvalue weighted by Gasteiger charge is 2.12. The molecule has 0 unspecified atom stereocenters. The number of benzene rings is 1. The van der Waals surface area contributed by atoms with Crippen molar-refractivity contribution >= 4 is 11.7 Å². The Hall–Kier alpha value is -2.57. The summed E-state index contributed by atoms with van der Waals surface area (Å²) in [5.74, 6) is 1.04.